The van der Waals surface area contributed by atoms with Crippen LogP contribution >= 0.6 is 11.3 Å². The summed E-state index contributed by atoms with van der Waals surface area (Å²) in [5.41, 5.74) is 5.41. The van der Waals surface area contributed by atoms with Crippen LogP contribution in [0, 0.1) is 19.7 Å². The molecule has 1 saturated heterocycles. The summed E-state index contributed by atoms with van der Waals surface area (Å²) >= 11 is 1.61. The number of hydrogen-bond donors (Lipinski definition) is 0. The van der Waals surface area contributed by atoms with Gasteiger partial charge in [-0.3, -0.25) is 0 Å². The van der Waals surface area contributed by atoms with Gasteiger partial charge in [-0.05, 0) is 79.8 Å². The molecule has 1 atom stereocenters. The van der Waals surface area contributed by atoms with Gasteiger partial charge in [0.2, 0.25) is 0 Å². The third-order valence-electron chi connectivity index (χ3n) is 4.78. The summed E-state index contributed by atoms with van der Waals surface area (Å²) in [5.74, 6) is -0.222. The first-order valence-corrected chi connectivity index (χ1v) is 10.2. The summed E-state index contributed by atoms with van der Waals surface area (Å²) in [7, 11) is 0. The number of ether oxygens (including phenoxy) is 1. The number of aromatic nitrogens is 1. The van der Waals surface area contributed by atoms with Crippen LogP contribution in [-0.4, -0.2) is 17.3 Å². The number of rotatable bonds is 4. The van der Waals surface area contributed by atoms with Crippen molar-refractivity contribution in [1.29, 1.82) is 0 Å². The van der Waals surface area contributed by atoms with E-state index in [-0.39, 0.29) is 11.9 Å². The zero-order valence-electron chi connectivity index (χ0n) is 15.6. The molecule has 0 N–H and O–H groups in total. The van der Waals surface area contributed by atoms with Crippen molar-refractivity contribution >= 4 is 17.0 Å². The van der Waals surface area contributed by atoms with Gasteiger partial charge in [-0.2, -0.15) is 0 Å². The summed E-state index contributed by atoms with van der Waals surface area (Å²) in [5, 5.41) is 2.10. The Labute approximate surface area is 162 Å². The Hall–Kier alpha value is -2.24. The van der Waals surface area contributed by atoms with E-state index in [1.54, 1.807) is 11.3 Å². The molecule has 0 spiro atoms. The summed E-state index contributed by atoms with van der Waals surface area (Å²) in [4.78, 5) is 5.86. The third kappa shape index (κ3) is 4.20. The molecule has 140 valence electrons. The molecule has 1 aromatic heterocycles. The normalized spacial score (nSPS) is 17.6. The van der Waals surface area contributed by atoms with Crippen LogP contribution in [0.15, 0.2) is 52.8 Å². The Balaban J connectivity index is 1.80. The molecule has 1 aliphatic heterocycles. The minimum absolute atomic E-state index is 0.206. The lowest BCUT2D eigenvalue weighted by molar-refractivity contribution is 0.0968. The molecule has 0 saturated carbocycles. The number of thiazole rings is 1. The van der Waals surface area contributed by atoms with E-state index in [1.165, 1.54) is 23.3 Å². The van der Waals surface area contributed by atoms with E-state index < -0.39 is 0 Å². The lowest BCUT2D eigenvalue weighted by atomic mass is 10.1. The van der Waals surface area contributed by atoms with Gasteiger partial charge in [0.25, 0.3) is 0 Å². The maximum Gasteiger partial charge on any atom is 0.190 e. The van der Waals surface area contributed by atoms with E-state index in [9.17, 15) is 4.39 Å². The Morgan fingerprint density at radius 1 is 1.15 bits per heavy atom. The number of hydrogen-bond acceptors (Lipinski definition) is 3. The monoisotopic (exact) mass is 382 g/mol. The van der Waals surface area contributed by atoms with Crippen LogP contribution in [0.3, 0.4) is 0 Å². The highest BCUT2D eigenvalue weighted by molar-refractivity contribution is 7.07. The molecule has 27 heavy (non-hydrogen) atoms. The largest absolute Gasteiger partial charge is 0.376 e. The van der Waals surface area contributed by atoms with Crippen LogP contribution in [0.1, 0.15) is 24.0 Å². The molecule has 3 aromatic rings. The van der Waals surface area contributed by atoms with Gasteiger partial charge in [-0.25, -0.2) is 9.38 Å². The fraction of sp³-hybridized carbons (Fsp3) is 0.318. The van der Waals surface area contributed by atoms with Gasteiger partial charge in [0, 0.05) is 12.0 Å². The first-order chi connectivity index (χ1) is 13.1. The highest BCUT2D eigenvalue weighted by Gasteiger charge is 2.19. The van der Waals surface area contributed by atoms with Crippen molar-refractivity contribution < 1.29 is 9.13 Å². The van der Waals surface area contributed by atoms with Crippen LogP contribution in [0.4, 0.5) is 10.1 Å². The van der Waals surface area contributed by atoms with E-state index in [0.29, 0.717) is 0 Å². The second-order valence-corrected chi connectivity index (χ2v) is 7.95. The fourth-order valence-electron chi connectivity index (χ4n) is 3.56. The molecule has 5 heteroatoms. The first kappa shape index (κ1) is 18.1. The van der Waals surface area contributed by atoms with E-state index in [1.807, 2.05) is 12.1 Å². The van der Waals surface area contributed by atoms with Crippen LogP contribution < -0.4 is 4.80 Å². The van der Waals surface area contributed by atoms with Gasteiger partial charge in [0.1, 0.15) is 5.82 Å². The Kier molecular flexibility index (Phi) is 5.23. The molecule has 4 rings (SSSR count). The summed E-state index contributed by atoms with van der Waals surface area (Å²) in [6.45, 7) is 5.76. The number of nitrogens with zero attached hydrogens (tertiary/aromatic N) is 2. The van der Waals surface area contributed by atoms with Gasteiger partial charge in [0.05, 0.1) is 24.0 Å². The zero-order chi connectivity index (χ0) is 18.8. The predicted octanol–water partition coefficient (Wildman–Crippen LogP) is 5.38. The third-order valence-corrected chi connectivity index (χ3v) is 5.64. The Bertz CT molecular complexity index is 978. The lowest BCUT2D eigenvalue weighted by Gasteiger charge is -2.14. The van der Waals surface area contributed by atoms with E-state index >= 15 is 0 Å². The van der Waals surface area contributed by atoms with Crippen molar-refractivity contribution in [2.75, 3.05) is 6.61 Å². The van der Waals surface area contributed by atoms with E-state index in [0.717, 1.165) is 47.7 Å². The smallest absolute Gasteiger partial charge is 0.190 e. The molecular weight excluding hydrogens is 359 g/mol. The molecule has 0 amide bonds. The maximum atomic E-state index is 13.4. The van der Waals surface area contributed by atoms with Gasteiger partial charge in [-0.1, -0.05) is 6.07 Å². The van der Waals surface area contributed by atoms with Crippen molar-refractivity contribution in [1.82, 2.24) is 4.57 Å². The van der Waals surface area contributed by atoms with Crippen LogP contribution in [0.5, 0.6) is 0 Å². The highest BCUT2D eigenvalue weighted by Crippen LogP contribution is 2.24. The predicted molar refractivity (Wildman–Crippen MR) is 108 cm³/mol. The molecular formula is C22H23FN2OS. The summed E-state index contributed by atoms with van der Waals surface area (Å²) in [6.07, 6.45) is 2.37. The fourth-order valence-corrected chi connectivity index (χ4v) is 4.50. The molecule has 1 unspecified atom stereocenters. The Morgan fingerprint density at radius 3 is 2.56 bits per heavy atom. The van der Waals surface area contributed by atoms with E-state index in [2.05, 4.69) is 42.0 Å². The van der Waals surface area contributed by atoms with Gasteiger partial charge in [0.15, 0.2) is 4.80 Å². The first-order valence-electron chi connectivity index (χ1n) is 9.27. The summed E-state index contributed by atoms with van der Waals surface area (Å²) in [6, 6.07) is 13.0. The molecule has 0 radical (unpaired) electrons. The van der Waals surface area contributed by atoms with Crippen molar-refractivity contribution in [3.63, 3.8) is 0 Å². The lowest BCUT2D eigenvalue weighted by Crippen LogP contribution is -2.24. The average molecular weight is 383 g/mol. The Morgan fingerprint density at radius 2 is 1.89 bits per heavy atom. The second kappa shape index (κ2) is 7.79. The van der Waals surface area contributed by atoms with Crippen LogP contribution in [0.25, 0.3) is 11.3 Å². The maximum absolute atomic E-state index is 13.4. The van der Waals surface area contributed by atoms with Crippen molar-refractivity contribution in [2.45, 2.75) is 39.3 Å². The molecule has 2 heterocycles. The number of halogens is 1. The minimum Gasteiger partial charge on any atom is -0.376 e. The zero-order valence-corrected chi connectivity index (χ0v) is 16.4. The highest BCUT2D eigenvalue weighted by atomic mass is 32.1. The molecule has 1 aliphatic rings. The molecule has 0 aliphatic carbocycles. The van der Waals surface area contributed by atoms with Crippen LogP contribution in [0.2, 0.25) is 0 Å². The van der Waals surface area contributed by atoms with Crippen molar-refractivity contribution in [3.05, 3.63) is 69.6 Å². The summed E-state index contributed by atoms with van der Waals surface area (Å²) < 4.78 is 21.4. The van der Waals surface area contributed by atoms with Crippen molar-refractivity contribution in [2.24, 2.45) is 4.99 Å². The minimum atomic E-state index is -0.222. The van der Waals surface area contributed by atoms with E-state index in [4.69, 9.17) is 9.73 Å². The topological polar surface area (TPSA) is 26.5 Å². The number of benzene rings is 2. The standard InChI is InChI=1S/C22H23FN2OS/c1-15-10-16(2)12-19(11-15)24-22-25(13-20-4-3-9-26-20)21(14-27-22)17-5-7-18(23)8-6-17/h5-8,10-12,14,20H,3-4,9,13H2,1-2H3. The van der Waals surface area contributed by atoms with Gasteiger partial charge < -0.3 is 9.30 Å². The van der Waals surface area contributed by atoms with Gasteiger partial charge >= 0.3 is 0 Å². The molecule has 0 bridgehead atoms. The molecule has 1 fully saturated rings. The van der Waals surface area contributed by atoms with Crippen LogP contribution in [-0.2, 0) is 11.3 Å². The van der Waals surface area contributed by atoms with Crippen molar-refractivity contribution in [3.8, 4) is 11.3 Å². The average Bonchev–Trinajstić information content (AvgIpc) is 3.26. The molecule has 2 aromatic carbocycles. The second-order valence-electron chi connectivity index (χ2n) is 7.11. The number of aryl methyl sites for hydroxylation is 2. The van der Waals surface area contributed by atoms with Gasteiger partial charge in [-0.15, -0.1) is 11.3 Å². The molecule has 3 nitrogen and oxygen atoms in total. The SMILES string of the molecule is Cc1cc(C)cc(N=c2scc(-c3ccc(F)cc3)n2CC2CCCO2)c1. The quantitative estimate of drug-likeness (QED) is 0.595.